The summed E-state index contributed by atoms with van der Waals surface area (Å²) in [6, 6.07) is 4.46. The van der Waals surface area contributed by atoms with Crippen molar-refractivity contribution < 1.29 is 19.7 Å². The minimum atomic E-state index is -0.909. The average molecular weight is 468 g/mol. The third-order valence-electron chi connectivity index (χ3n) is 11.9. The zero-order valence-electron chi connectivity index (χ0n) is 21.5. The summed E-state index contributed by atoms with van der Waals surface area (Å²) in [7, 11) is 1.83. The first-order chi connectivity index (χ1) is 16.0. The number of phenols is 1. The van der Waals surface area contributed by atoms with E-state index in [2.05, 4.69) is 31.7 Å². The predicted octanol–water partition coefficient (Wildman–Crippen LogP) is 4.41. The molecule has 5 nitrogen and oxygen atoms in total. The maximum Gasteiger partial charge on any atom is 0.165 e. The van der Waals surface area contributed by atoms with Crippen molar-refractivity contribution in [3.05, 3.63) is 23.3 Å². The number of benzene rings is 1. The lowest BCUT2D eigenvalue weighted by molar-refractivity contribution is -0.312. The normalized spacial score (nSPS) is 43.9. The van der Waals surface area contributed by atoms with Crippen LogP contribution in [0.5, 0.6) is 11.5 Å². The van der Waals surface area contributed by atoms with E-state index >= 15 is 0 Å². The van der Waals surface area contributed by atoms with Crippen LogP contribution in [0.1, 0.15) is 77.3 Å². The molecule has 2 spiro atoms. The van der Waals surface area contributed by atoms with Crippen LogP contribution in [-0.4, -0.2) is 58.7 Å². The Morgan fingerprint density at radius 1 is 1.15 bits per heavy atom. The van der Waals surface area contributed by atoms with Crippen molar-refractivity contribution in [1.29, 1.82) is 0 Å². The van der Waals surface area contributed by atoms with Gasteiger partial charge in [-0.3, -0.25) is 4.90 Å². The summed E-state index contributed by atoms with van der Waals surface area (Å²) in [6.45, 7) is 10.8. The van der Waals surface area contributed by atoms with E-state index in [1.54, 1.807) is 0 Å². The van der Waals surface area contributed by atoms with E-state index in [4.69, 9.17) is 9.47 Å². The van der Waals surface area contributed by atoms with Crippen LogP contribution in [0.25, 0.3) is 0 Å². The fourth-order valence-electron chi connectivity index (χ4n) is 9.58. The van der Waals surface area contributed by atoms with Crippen LogP contribution in [0, 0.1) is 22.7 Å². The average Bonchev–Trinajstić information content (AvgIpc) is 3.53. The molecule has 5 fully saturated rings. The summed E-state index contributed by atoms with van der Waals surface area (Å²) in [4.78, 5) is 2.82. The summed E-state index contributed by atoms with van der Waals surface area (Å²) in [5, 5.41) is 23.2. The number of rotatable bonds is 4. The highest BCUT2D eigenvalue weighted by Gasteiger charge is 2.82. The van der Waals surface area contributed by atoms with Crippen LogP contribution in [0.3, 0.4) is 0 Å². The molecule has 0 radical (unpaired) electrons. The number of aliphatic hydroxyl groups is 1. The number of hydrogen-bond donors (Lipinski definition) is 2. The number of nitrogens with zero attached hydrogens (tertiary/aromatic N) is 1. The third-order valence-corrected chi connectivity index (χ3v) is 11.9. The summed E-state index contributed by atoms with van der Waals surface area (Å²) in [5.74, 6) is 1.80. The van der Waals surface area contributed by atoms with Gasteiger partial charge in [-0.15, -0.1) is 0 Å². The van der Waals surface area contributed by atoms with Crippen molar-refractivity contribution in [2.75, 3.05) is 20.2 Å². The minimum Gasteiger partial charge on any atom is -0.504 e. The molecule has 5 aliphatic carbocycles. The first kappa shape index (κ1) is 21.9. The zero-order chi connectivity index (χ0) is 23.9. The first-order valence-electron chi connectivity index (χ1n) is 13.6. The molecule has 186 valence electrons. The maximum atomic E-state index is 12.2. The van der Waals surface area contributed by atoms with Crippen LogP contribution in [0.2, 0.25) is 0 Å². The van der Waals surface area contributed by atoms with Crippen LogP contribution < -0.4 is 4.74 Å². The number of hydrogen-bond acceptors (Lipinski definition) is 5. The Balaban J connectivity index is 1.47. The number of likely N-dealkylation sites (tertiary alicyclic amines) is 1. The lowest BCUT2D eigenvalue weighted by Crippen LogP contribution is -2.83. The molecule has 7 atom stereocenters. The highest BCUT2D eigenvalue weighted by molar-refractivity contribution is 5.63. The van der Waals surface area contributed by atoms with E-state index in [0.29, 0.717) is 11.8 Å². The monoisotopic (exact) mass is 467 g/mol. The molecule has 7 aliphatic rings. The third kappa shape index (κ3) is 2.25. The van der Waals surface area contributed by atoms with E-state index in [1.165, 1.54) is 30.5 Å². The van der Waals surface area contributed by atoms with Crippen molar-refractivity contribution in [1.82, 2.24) is 4.90 Å². The fraction of sp³-hybridized carbons (Fsp3) is 0.793. The fourth-order valence-corrected chi connectivity index (χ4v) is 9.58. The molecule has 4 saturated carbocycles. The molecule has 8 rings (SSSR count). The van der Waals surface area contributed by atoms with Crippen molar-refractivity contribution in [2.24, 2.45) is 22.7 Å². The number of piperidine rings is 1. The van der Waals surface area contributed by atoms with Gasteiger partial charge in [0.05, 0.1) is 5.60 Å². The van der Waals surface area contributed by atoms with Gasteiger partial charge in [-0.2, -0.15) is 0 Å². The number of phenolic OH excluding ortho intramolecular Hbond substituents is 1. The summed E-state index contributed by atoms with van der Waals surface area (Å²) in [5.41, 5.74) is 0.783. The predicted molar refractivity (Wildman–Crippen MR) is 130 cm³/mol. The first-order valence-corrected chi connectivity index (χ1v) is 13.6. The van der Waals surface area contributed by atoms with Gasteiger partial charge in [-0.25, -0.2) is 0 Å². The number of fused-ring (bicyclic) bond motifs is 2. The van der Waals surface area contributed by atoms with Gasteiger partial charge < -0.3 is 19.7 Å². The highest BCUT2D eigenvalue weighted by Crippen LogP contribution is 2.78. The Kier molecular flexibility index (Phi) is 4.08. The van der Waals surface area contributed by atoms with Gasteiger partial charge in [0, 0.05) is 42.0 Å². The van der Waals surface area contributed by atoms with Crippen LogP contribution in [0.4, 0.5) is 0 Å². The molecule has 2 heterocycles. The van der Waals surface area contributed by atoms with Crippen molar-refractivity contribution in [2.45, 2.75) is 101 Å². The molecule has 34 heavy (non-hydrogen) atoms. The summed E-state index contributed by atoms with van der Waals surface area (Å²) >= 11 is 0. The molecular weight excluding hydrogens is 426 g/mol. The largest absolute Gasteiger partial charge is 0.504 e. The molecule has 1 saturated heterocycles. The molecule has 2 N–H and O–H groups in total. The van der Waals surface area contributed by atoms with E-state index in [0.717, 1.165) is 44.6 Å². The molecule has 4 bridgehead atoms. The second kappa shape index (κ2) is 6.33. The molecule has 1 aromatic rings. The number of ether oxygens (including phenoxy) is 2. The van der Waals surface area contributed by atoms with Gasteiger partial charge in [0.2, 0.25) is 0 Å². The molecule has 1 aromatic carbocycles. The molecule has 5 heteroatoms. The molecular formula is C29H41NO4. The minimum absolute atomic E-state index is 0.0294. The Morgan fingerprint density at radius 2 is 1.91 bits per heavy atom. The molecule has 2 unspecified atom stereocenters. The Morgan fingerprint density at radius 3 is 2.59 bits per heavy atom. The van der Waals surface area contributed by atoms with Crippen LogP contribution in [0.15, 0.2) is 12.1 Å². The van der Waals surface area contributed by atoms with Gasteiger partial charge in [0.25, 0.3) is 0 Å². The van der Waals surface area contributed by atoms with Crippen LogP contribution >= 0.6 is 0 Å². The lowest BCUT2D eigenvalue weighted by atomic mass is 9.33. The molecule has 0 aromatic heterocycles. The topological polar surface area (TPSA) is 62.2 Å². The van der Waals surface area contributed by atoms with Crippen molar-refractivity contribution in [3.8, 4) is 11.5 Å². The molecule has 2 aliphatic heterocycles. The second-order valence-electron chi connectivity index (χ2n) is 13.8. The standard InChI is InChI=1S/C29H41NO4/c1-25(2,3)26(4,32)20-15-27-10-11-29(20,33-5)24-28(27)12-13-30(16-17-6-7-17)21(27)14-18-8-9-19(31)23(34-24)22(18)28/h8-9,17,20-21,24,31-32H,6-7,10-16H2,1-5H3/t20-,21?,24-,26?,27-,28+,29-/m0/s1. The second-order valence-corrected chi connectivity index (χ2v) is 13.8. The van der Waals surface area contributed by atoms with Crippen LogP contribution in [-0.2, 0) is 16.6 Å². The molecule has 0 amide bonds. The van der Waals surface area contributed by atoms with Crippen molar-refractivity contribution in [3.63, 3.8) is 0 Å². The summed E-state index contributed by atoms with van der Waals surface area (Å²) in [6.07, 6.45) is 7.64. The van der Waals surface area contributed by atoms with Crippen molar-refractivity contribution >= 4 is 0 Å². The Labute approximate surface area is 203 Å². The van der Waals surface area contributed by atoms with E-state index in [-0.39, 0.29) is 34.0 Å². The van der Waals surface area contributed by atoms with Gasteiger partial charge in [-0.1, -0.05) is 26.8 Å². The Hall–Kier alpha value is -1.30. The van der Waals surface area contributed by atoms with E-state index in [1.807, 2.05) is 20.1 Å². The quantitative estimate of drug-likeness (QED) is 0.687. The Bertz CT molecular complexity index is 1060. The maximum absolute atomic E-state index is 12.2. The van der Waals surface area contributed by atoms with Gasteiger partial charge in [0.1, 0.15) is 11.7 Å². The van der Waals surface area contributed by atoms with E-state index in [9.17, 15) is 10.2 Å². The number of aromatic hydroxyl groups is 1. The smallest absolute Gasteiger partial charge is 0.165 e. The lowest BCUT2D eigenvalue weighted by Gasteiger charge is -2.75. The van der Waals surface area contributed by atoms with Gasteiger partial charge in [-0.05, 0) is 81.4 Å². The number of methoxy groups -OCH3 is 1. The SMILES string of the molecule is CO[C@@]12CC[C@]3(C[C@H]1C(C)(O)C(C)(C)C)C1Cc4ccc(O)c5c4[C@]3(CCN1CC1CC1)[C@@H]2O5. The van der Waals surface area contributed by atoms with Gasteiger partial charge in [0.15, 0.2) is 11.5 Å². The van der Waals surface area contributed by atoms with Gasteiger partial charge >= 0.3 is 0 Å². The highest BCUT2D eigenvalue weighted by atomic mass is 16.6. The zero-order valence-corrected chi connectivity index (χ0v) is 21.5. The summed E-state index contributed by atoms with van der Waals surface area (Å²) < 4.78 is 13.5. The van der Waals surface area contributed by atoms with E-state index < -0.39 is 11.2 Å².